The van der Waals surface area contributed by atoms with Crippen molar-refractivity contribution in [2.24, 2.45) is 0 Å². The van der Waals surface area contributed by atoms with E-state index in [2.05, 4.69) is 4.98 Å². The van der Waals surface area contributed by atoms with Crippen LogP contribution in [-0.4, -0.2) is 21.7 Å². The van der Waals surface area contributed by atoms with E-state index in [0.717, 1.165) is 11.0 Å². The first-order chi connectivity index (χ1) is 9.70. The number of imidazole rings is 1. The van der Waals surface area contributed by atoms with Gasteiger partial charge in [0, 0.05) is 5.56 Å². The molecule has 2 aromatic carbocycles. The van der Waals surface area contributed by atoms with Crippen LogP contribution in [0.3, 0.4) is 0 Å². The number of hydrogen-bond donors (Lipinski definition) is 0. The minimum absolute atomic E-state index is 0.206. The summed E-state index contributed by atoms with van der Waals surface area (Å²) in [5, 5.41) is 0.625. The van der Waals surface area contributed by atoms with Gasteiger partial charge in [0.05, 0.1) is 11.0 Å². The Hall–Kier alpha value is -2.14. The third-order valence-electron chi connectivity index (χ3n) is 3.01. The van der Waals surface area contributed by atoms with Crippen molar-refractivity contribution in [2.75, 3.05) is 6.26 Å². The molecule has 3 rings (SSSR count). The van der Waals surface area contributed by atoms with Crippen LogP contribution in [0.4, 0.5) is 4.39 Å². The standard InChI is InChI=1S/C15H11FN2OS/c1-20-15-17-12-4-2-3-5-13(12)18(15)14(19)10-6-8-11(16)9-7-10/h2-9H,1H3. The van der Waals surface area contributed by atoms with Gasteiger partial charge in [-0.25, -0.2) is 9.37 Å². The molecule has 0 aliphatic heterocycles. The maximum Gasteiger partial charge on any atom is 0.264 e. The highest BCUT2D eigenvalue weighted by atomic mass is 32.2. The summed E-state index contributed by atoms with van der Waals surface area (Å²) < 4.78 is 14.5. The molecule has 0 fully saturated rings. The van der Waals surface area contributed by atoms with Gasteiger partial charge in [-0.15, -0.1) is 0 Å². The minimum atomic E-state index is -0.359. The molecule has 0 atom stereocenters. The summed E-state index contributed by atoms with van der Waals surface area (Å²) in [6.07, 6.45) is 1.87. The molecule has 0 aliphatic rings. The number of fused-ring (bicyclic) bond motifs is 1. The van der Waals surface area contributed by atoms with E-state index in [-0.39, 0.29) is 11.7 Å². The van der Waals surface area contributed by atoms with Gasteiger partial charge in [0.1, 0.15) is 5.82 Å². The number of aromatic nitrogens is 2. The van der Waals surface area contributed by atoms with Crippen LogP contribution in [0.25, 0.3) is 11.0 Å². The zero-order valence-corrected chi connectivity index (χ0v) is 11.5. The summed E-state index contributed by atoms with van der Waals surface area (Å²) in [4.78, 5) is 17.0. The lowest BCUT2D eigenvalue weighted by molar-refractivity contribution is 0.0955. The SMILES string of the molecule is CSc1nc2ccccc2n1C(=O)c1ccc(F)cc1. The van der Waals surface area contributed by atoms with Gasteiger partial charge in [-0.2, -0.15) is 0 Å². The van der Waals surface area contributed by atoms with E-state index in [1.54, 1.807) is 4.57 Å². The summed E-state index contributed by atoms with van der Waals surface area (Å²) >= 11 is 1.40. The fourth-order valence-electron chi connectivity index (χ4n) is 2.06. The Kier molecular flexibility index (Phi) is 3.28. The molecule has 0 spiro atoms. The number of rotatable bonds is 2. The van der Waals surface area contributed by atoms with Crippen molar-refractivity contribution < 1.29 is 9.18 Å². The van der Waals surface area contributed by atoms with Gasteiger partial charge < -0.3 is 0 Å². The molecule has 0 radical (unpaired) electrons. The van der Waals surface area contributed by atoms with Crippen LogP contribution < -0.4 is 0 Å². The highest BCUT2D eigenvalue weighted by Crippen LogP contribution is 2.23. The molecule has 0 aliphatic carbocycles. The van der Waals surface area contributed by atoms with E-state index in [9.17, 15) is 9.18 Å². The Bertz CT molecular complexity index is 780. The molecule has 20 heavy (non-hydrogen) atoms. The van der Waals surface area contributed by atoms with Crippen LogP contribution in [0.15, 0.2) is 53.7 Å². The molecule has 0 unspecified atom stereocenters. The number of carbonyl (C=O) groups is 1. The first kappa shape index (κ1) is 12.9. The van der Waals surface area contributed by atoms with Gasteiger partial charge in [-0.3, -0.25) is 9.36 Å². The molecule has 0 N–H and O–H groups in total. The number of para-hydroxylation sites is 2. The van der Waals surface area contributed by atoms with Crippen molar-refractivity contribution in [3.63, 3.8) is 0 Å². The molecule has 1 heterocycles. The van der Waals surface area contributed by atoms with Gasteiger partial charge >= 0.3 is 0 Å². The molecule has 0 amide bonds. The molecule has 3 aromatic rings. The highest BCUT2D eigenvalue weighted by Gasteiger charge is 2.17. The Morgan fingerprint density at radius 2 is 1.85 bits per heavy atom. The van der Waals surface area contributed by atoms with Crippen LogP contribution in [0.1, 0.15) is 10.4 Å². The second-order valence-electron chi connectivity index (χ2n) is 4.23. The first-order valence-corrected chi connectivity index (χ1v) is 7.25. The quantitative estimate of drug-likeness (QED) is 0.675. The number of thioether (sulfide) groups is 1. The predicted molar refractivity (Wildman–Crippen MR) is 77.6 cm³/mol. The molecular formula is C15H11FN2OS. The monoisotopic (exact) mass is 286 g/mol. The largest absolute Gasteiger partial charge is 0.268 e. The number of nitrogens with zero attached hydrogens (tertiary/aromatic N) is 2. The zero-order chi connectivity index (χ0) is 14.1. The van der Waals surface area contributed by atoms with E-state index < -0.39 is 0 Å². The van der Waals surface area contributed by atoms with Crippen molar-refractivity contribution in [1.29, 1.82) is 0 Å². The van der Waals surface area contributed by atoms with Crippen LogP contribution in [0.2, 0.25) is 0 Å². The van der Waals surface area contributed by atoms with Gasteiger partial charge in [0.15, 0.2) is 5.16 Å². The van der Waals surface area contributed by atoms with Gasteiger partial charge in [0.2, 0.25) is 0 Å². The van der Waals surface area contributed by atoms with Gasteiger partial charge in [-0.1, -0.05) is 23.9 Å². The lowest BCUT2D eigenvalue weighted by Gasteiger charge is -2.06. The molecule has 100 valence electrons. The lowest BCUT2D eigenvalue weighted by Crippen LogP contribution is -2.13. The molecule has 0 saturated carbocycles. The Morgan fingerprint density at radius 3 is 2.55 bits per heavy atom. The van der Waals surface area contributed by atoms with Crippen molar-refractivity contribution in [1.82, 2.24) is 9.55 Å². The van der Waals surface area contributed by atoms with Crippen LogP contribution in [-0.2, 0) is 0 Å². The summed E-state index contributed by atoms with van der Waals surface area (Å²) in [6, 6.07) is 13.0. The fourth-order valence-corrected chi connectivity index (χ4v) is 2.61. The maximum absolute atomic E-state index is 13.0. The Labute approximate surface area is 119 Å². The van der Waals surface area contributed by atoms with E-state index in [0.29, 0.717) is 10.7 Å². The minimum Gasteiger partial charge on any atom is -0.268 e. The van der Waals surface area contributed by atoms with E-state index in [1.807, 2.05) is 30.5 Å². The van der Waals surface area contributed by atoms with Crippen molar-refractivity contribution in [3.05, 3.63) is 59.9 Å². The topological polar surface area (TPSA) is 34.9 Å². The third kappa shape index (κ3) is 2.10. The second-order valence-corrected chi connectivity index (χ2v) is 5.01. The maximum atomic E-state index is 13.0. The Morgan fingerprint density at radius 1 is 1.15 bits per heavy atom. The van der Waals surface area contributed by atoms with Crippen LogP contribution in [0.5, 0.6) is 0 Å². The molecular weight excluding hydrogens is 275 g/mol. The number of carbonyl (C=O) groups excluding carboxylic acids is 1. The predicted octanol–water partition coefficient (Wildman–Crippen LogP) is 3.59. The second kappa shape index (κ2) is 5.09. The van der Waals surface area contributed by atoms with Crippen molar-refractivity contribution >= 4 is 28.7 Å². The molecule has 1 aromatic heterocycles. The Balaban J connectivity index is 2.17. The van der Waals surface area contributed by atoms with Crippen molar-refractivity contribution in [2.45, 2.75) is 5.16 Å². The van der Waals surface area contributed by atoms with Gasteiger partial charge in [-0.05, 0) is 42.7 Å². The highest BCUT2D eigenvalue weighted by molar-refractivity contribution is 7.98. The fraction of sp³-hybridized carbons (Fsp3) is 0.0667. The van der Waals surface area contributed by atoms with E-state index >= 15 is 0 Å². The van der Waals surface area contributed by atoms with Crippen LogP contribution in [0, 0.1) is 5.82 Å². The zero-order valence-electron chi connectivity index (χ0n) is 10.7. The van der Waals surface area contributed by atoms with Gasteiger partial charge in [0.25, 0.3) is 5.91 Å². The lowest BCUT2D eigenvalue weighted by atomic mass is 10.2. The van der Waals surface area contributed by atoms with E-state index in [1.165, 1.54) is 36.0 Å². The van der Waals surface area contributed by atoms with Crippen LogP contribution >= 0.6 is 11.8 Å². The summed E-state index contributed by atoms with van der Waals surface area (Å²) in [6.45, 7) is 0. The third-order valence-corrected chi connectivity index (χ3v) is 3.65. The molecule has 5 heteroatoms. The number of hydrogen-bond acceptors (Lipinski definition) is 3. The summed E-state index contributed by atoms with van der Waals surface area (Å²) in [7, 11) is 0. The smallest absolute Gasteiger partial charge is 0.264 e. The normalized spacial score (nSPS) is 10.9. The molecule has 0 saturated heterocycles. The molecule has 0 bridgehead atoms. The number of halogens is 1. The number of benzene rings is 2. The van der Waals surface area contributed by atoms with E-state index in [4.69, 9.17) is 0 Å². The average molecular weight is 286 g/mol. The summed E-state index contributed by atoms with van der Waals surface area (Å²) in [5.41, 5.74) is 1.96. The average Bonchev–Trinajstić information content (AvgIpc) is 2.85. The van der Waals surface area contributed by atoms with Crippen molar-refractivity contribution in [3.8, 4) is 0 Å². The first-order valence-electron chi connectivity index (χ1n) is 6.02. The summed E-state index contributed by atoms with van der Waals surface area (Å²) in [5.74, 6) is -0.565. The molecule has 3 nitrogen and oxygen atoms in total.